The highest BCUT2D eigenvalue weighted by Gasteiger charge is 2.12. The highest BCUT2D eigenvalue weighted by molar-refractivity contribution is 6.38. The Labute approximate surface area is 115 Å². The molecule has 0 unspecified atom stereocenters. The fourth-order valence-corrected chi connectivity index (χ4v) is 1.76. The van der Waals surface area contributed by atoms with Gasteiger partial charge in [-0.1, -0.05) is 35.9 Å². The van der Waals surface area contributed by atoms with Crippen LogP contribution in [0.3, 0.4) is 0 Å². The monoisotopic (exact) mass is 280 g/mol. The summed E-state index contributed by atoms with van der Waals surface area (Å²) in [5.41, 5.74) is 1.19. The van der Waals surface area contributed by atoms with Gasteiger partial charge in [-0.05, 0) is 30.3 Å². The summed E-state index contributed by atoms with van der Waals surface area (Å²) in [4.78, 5) is 11.9. The zero-order chi connectivity index (χ0) is 13.0. The molecule has 0 aliphatic heterocycles. The molecule has 0 aromatic heterocycles. The summed E-state index contributed by atoms with van der Waals surface area (Å²) in [5.74, 6) is 0. The summed E-state index contributed by atoms with van der Waals surface area (Å²) in [6, 6.07) is 15.4. The van der Waals surface area contributed by atoms with Crippen LogP contribution in [0.15, 0.2) is 54.6 Å². The summed E-state index contributed by atoms with van der Waals surface area (Å²) in [7, 11) is 0. The van der Waals surface area contributed by atoms with Gasteiger partial charge in [0.25, 0.3) is 0 Å². The van der Waals surface area contributed by atoms with Crippen LogP contribution in [0.1, 0.15) is 0 Å². The molecule has 2 aromatic carbocycles. The number of hydrogen-bond acceptors (Lipinski definition) is 1. The average Bonchev–Trinajstić information content (AvgIpc) is 2.39. The number of carbonyl (C=O) groups is 1. The quantitative estimate of drug-likeness (QED) is 0.806. The van der Waals surface area contributed by atoms with E-state index in [1.54, 1.807) is 48.5 Å². The molecular formula is C13H10Cl2N2O. The summed E-state index contributed by atoms with van der Waals surface area (Å²) < 4.78 is 1.01. The largest absolute Gasteiger partial charge is 0.341 e. The SMILES string of the molecule is O=C(Nc1cccc(Cl)c1)N(Cl)c1ccccc1. The molecule has 0 aliphatic rings. The minimum absolute atomic E-state index is 0.440. The van der Waals surface area contributed by atoms with Gasteiger partial charge in [-0.3, -0.25) is 0 Å². The van der Waals surface area contributed by atoms with Crippen molar-refractivity contribution in [3.63, 3.8) is 0 Å². The molecule has 2 aromatic rings. The highest BCUT2D eigenvalue weighted by atomic mass is 35.5. The van der Waals surface area contributed by atoms with E-state index in [0.717, 1.165) is 4.42 Å². The van der Waals surface area contributed by atoms with E-state index in [1.807, 2.05) is 6.07 Å². The van der Waals surface area contributed by atoms with Crippen LogP contribution in [0.4, 0.5) is 16.2 Å². The fourth-order valence-electron chi connectivity index (χ4n) is 1.41. The number of halogens is 2. The molecule has 0 spiro atoms. The minimum atomic E-state index is -0.440. The van der Waals surface area contributed by atoms with Crippen LogP contribution in [0.5, 0.6) is 0 Å². The van der Waals surface area contributed by atoms with Crippen LogP contribution in [-0.2, 0) is 0 Å². The van der Waals surface area contributed by atoms with E-state index in [9.17, 15) is 4.79 Å². The molecule has 5 heteroatoms. The lowest BCUT2D eigenvalue weighted by atomic mass is 10.3. The first-order valence-electron chi connectivity index (χ1n) is 5.24. The van der Waals surface area contributed by atoms with E-state index in [4.69, 9.17) is 23.4 Å². The molecule has 0 radical (unpaired) electrons. The Hall–Kier alpha value is -1.71. The first kappa shape index (κ1) is 12.7. The Morgan fingerprint density at radius 1 is 1.06 bits per heavy atom. The number of nitrogens with one attached hydrogen (secondary N) is 1. The second-order valence-corrected chi connectivity index (χ2v) is 4.33. The van der Waals surface area contributed by atoms with Crippen molar-refractivity contribution >= 4 is 40.8 Å². The number of benzene rings is 2. The van der Waals surface area contributed by atoms with Crippen molar-refractivity contribution in [2.75, 3.05) is 9.74 Å². The lowest BCUT2D eigenvalue weighted by Gasteiger charge is -2.14. The molecule has 0 saturated carbocycles. The summed E-state index contributed by atoms with van der Waals surface area (Å²) in [6.07, 6.45) is 0. The van der Waals surface area contributed by atoms with Crippen molar-refractivity contribution in [2.24, 2.45) is 0 Å². The Bertz CT molecular complexity index is 546. The van der Waals surface area contributed by atoms with Crippen molar-refractivity contribution < 1.29 is 4.79 Å². The second-order valence-electron chi connectivity index (χ2n) is 3.56. The average molecular weight is 281 g/mol. The molecule has 0 saturated heterocycles. The number of nitrogens with zero attached hydrogens (tertiary/aromatic N) is 1. The van der Waals surface area contributed by atoms with E-state index in [-0.39, 0.29) is 0 Å². The van der Waals surface area contributed by atoms with Crippen LogP contribution in [-0.4, -0.2) is 6.03 Å². The summed E-state index contributed by atoms with van der Waals surface area (Å²) >= 11 is 11.8. The van der Waals surface area contributed by atoms with Gasteiger partial charge in [0.1, 0.15) is 0 Å². The van der Waals surface area contributed by atoms with Gasteiger partial charge < -0.3 is 5.32 Å². The smallest absolute Gasteiger partial charge is 0.306 e. The van der Waals surface area contributed by atoms with Crippen LogP contribution < -0.4 is 9.74 Å². The Morgan fingerprint density at radius 2 is 1.78 bits per heavy atom. The predicted molar refractivity (Wildman–Crippen MR) is 75.2 cm³/mol. The molecular weight excluding hydrogens is 271 g/mol. The second kappa shape index (κ2) is 5.76. The molecule has 92 valence electrons. The van der Waals surface area contributed by atoms with Gasteiger partial charge >= 0.3 is 6.03 Å². The number of hydrogen-bond donors (Lipinski definition) is 1. The molecule has 2 amide bonds. The van der Waals surface area contributed by atoms with Crippen LogP contribution in [0.2, 0.25) is 5.02 Å². The first-order chi connectivity index (χ1) is 8.66. The van der Waals surface area contributed by atoms with Gasteiger partial charge in [0.15, 0.2) is 0 Å². The Kier molecular flexibility index (Phi) is 4.07. The highest BCUT2D eigenvalue weighted by Crippen LogP contribution is 2.19. The molecule has 0 aliphatic carbocycles. The molecule has 0 bridgehead atoms. The third kappa shape index (κ3) is 3.15. The zero-order valence-corrected chi connectivity index (χ0v) is 10.8. The van der Waals surface area contributed by atoms with Crippen molar-refractivity contribution in [2.45, 2.75) is 0 Å². The lowest BCUT2D eigenvalue weighted by molar-refractivity contribution is 0.260. The lowest BCUT2D eigenvalue weighted by Crippen LogP contribution is -2.26. The third-order valence-corrected chi connectivity index (χ3v) is 2.82. The normalized spacial score (nSPS) is 9.89. The Balaban J connectivity index is 2.09. The van der Waals surface area contributed by atoms with Gasteiger partial charge in [0, 0.05) is 22.5 Å². The number of urea groups is 1. The maximum Gasteiger partial charge on any atom is 0.341 e. The molecule has 2 rings (SSSR count). The topological polar surface area (TPSA) is 32.3 Å². The maximum absolute atomic E-state index is 11.9. The van der Waals surface area contributed by atoms with Crippen LogP contribution >= 0.6 is 23.4 Å². The van der Waals surface area contributed by atoms with Gasteiger partial charge in [-0.2, -0.15) is 0 Å². The van der Waals surface area contributed by atoms with E-state index >= 15 is 0 Å². The Morgan fingerprint density at radius 3 is 2.44 bits per heavy atom. The van der Waals surface area contributed by atoms with E-state index in [0.29, 0.717) is 16.4 Å². The zero-order valence-electron chi connectivity index (χ0n) is 9.31. The third-order valence-electron chi connectivity index (χ3n) is 2.24. The number of para-hydroxylation sites is 1. The van der Waals surface area contributed by atoms with Gasteiger partial charge in [-0.25, -0.2) is 9.21 Å². The van der Waals surface area contributed by atoms with Crippen LogP contribution in [0.25, 0.3) is 0 Å². The van der Waals surface area contributed by atoms with Crippen molar-refractivity contribution in [1.29, 1.82) is 0 Å². The summed E-state index contributed by atoms with van der Waals surface area (Å²) in [6.45, 7) is 0. The molecule has 0 fully saturated rings. The molecule has 0 heterocycles. The predicted octanol–water partition coefficient (Wildman–Crippen LogP) is 4.53. The number of anilines is 2. The summed E-state index contributed by atoms with van der Waals surface area (Å²) in [5, 5.41) is 3.20. The molecule has 18 heavy (non-hydrogen) atoms. The van der Waals surface area contributed by atoms with Gasteiger partial charge in [-0.15, -0.1) is 0 Å². The van der Waals surface area contributed by atoms with E-state index in [2.05, 4.69) is 5.32 Å². The van der Waals surface area contributed by atoms with E-state index < -0.39 is 6.03 Å². The number of rotatable bonds is 2. The fraction of sp³-hybridized carbons (Fsp3) is 0. The molecule has 3 nitrogen and oxygen atoms in total. The van der Waals surface area contributed by atoms with E-state index in [1.165, 1.54) is 0 Å². The van der Waals surface area contributed by atoms with Gasteiger partial charge in [0.2, 0.25) is 0 Å². The van der Waals surface area contributed by atoms with Crippen LogP contribution in [0, 0.1) is 0 Å². The van der Waals surface area contributed by atoms with Crippen molar-refractivity contribution in [3.8, 4) is 0 Å². The van der Waals surface area contributed by atoms with Crippen molar-refractivity contribution in [3.05, 3.63) is 59.6 Å². The molecule has 0 atom stereocenters. The minimum Gasteiger partial charge on any atom is -0.306 e. The number of amides is 2. The molecule has 1 N–H and O–H groups in total. The van der Waals surface area contributed by atoms with Gasteiger partial charge in [0.05, 0.1) is 5.69 Å². The standard InChI is InChI=1S/C13H10Cl2N2O/c14-10-5-4-6-11(9-10)16-13(18)17(15)12-7-2-1-3-8-12/h1-9H,(H,16,18). The first-order valence-corrected chi connectivity index (χ1v) is 5.96. The number of carbonyl (C=O) groups excluding carboxylic acids is 1. The maximum atomic E-state index is 11.9. The van der Waals surface area contributed by atoms with Crippen molar-refractivity contribution in [1.82, 2.24) is 0 Å².